The van der Waals surface area contributed by atoms with Crippen molar-refractivity contribution in [1.82, 2.24) is 10.1 Å². The summed E-state index contributed by atoms with van der Waals surface area (Å²) in [6, 6.07) is 13.6. The van der Waals surface area contributed by atoms with E-state index in [1.165, 1.54) is 6.20 Å². The molecule has 2 aromatic carbocycles. The summed E-state index contributed by atoms with van der Waals surface area (Å²) in [5.74, 6) is 1.23. The van der Waals surface area contributed by atoms with Crippen LogP contribution >= 0.6 is 0 Å². The van der Waals surface area contributed by atoms with E-state index in [0.717, 1.165) is 28.8 Å². The van der Waals surface area contributed by atoms with Gasteiger partial charge in [0.2, 0.25) is 0 Å². The maximum atomic E-state index is 11.7. The van der Waals surface area contributed by atoms with E-state index in [2.05, 4.69) is 15.5 Å². The van der Waals surface area contributed by atoms with Gasteiger partial charge in [0, 0.05) is 17.5 Å². The van der Waals surface area contributed by atoms with Crippen molar-refractivity contribution in [3.8, 4) is 16.9 Å². The van der Waals surface area contributed by atoms with Gasteiger partial charge in [0.05, 0.1) is 28.8 Å². The molecule has 2 aromatic heterocycles. The van der Waals surface area contributed by atoms with Crippen LogP contribution in [-0.4, -0.2) is 28.7 Å². The standard InChI is InChI=1S/C23H22N4O4/c1-14-22(15(2)31-26-14)18-11-19-17(12-21(18)30-3)23(20(13-25-19)27(28)29)24-10-9-16-7-5-4-6-8-16/h4-8,11-13H,9-10H2,1-3H3,(H,24,25). The number of ether oxygens (including phenoxy) is 1. The maximum Gasteiger partial charge on any atom is 0.311 e. The van der Waals surface area contributed by atoms with Crippen LogP contribution in [0.1, 0.15) is 17.0 Å². The quantitative estimate of drug-likeness (QED) is 0.330. The number of aryl methyl sites for hydroxylation is 2. The van der Waals surface area contributed by atoms with Gasteiger partial charge in [-0.1, -0.05) is 35.5 Å². The molecule has 0 unspecified atom stereocenters. The molecule has 0 aliphatic carbocycles. The SMILES string of the molecule is COc1cc2c(NCCc3ccccc3)c([N+](=O)[O-])cnc2cc1-c1c(C)noc1C. The Hall–Kier alpha value is -3.94. The number of aromatic nitrogens is 2. The van der Waals surface area contributed by atoms with Gasteiger partial charge in [0.1, 0.15) is 23.4 Å². The second-order valence-corrected chi connectivity index (χ2v) is 7.21. The van der Waals surface area contributed by atoms with Gasteiger partial charge >= 0.3 is 5.69 Å². The molecule has 0 fully saturated rings. The van der Waals surface area contributed by atoms with Gasteiger partial charge in [-0.05, 0) is 38.0 Å². The number of methoxy groups -OCH3 is 1. The summed E-state index contributed by atoms with van der Waals surface area (Å²) in [5.41, 5.74) is 4.46. The molecule has 0 atom stereocenters. The number of pyridine rings is 1. The molecule has 0 saturated carbocycles. The summed E-state index contributed by atoms with van der Waals surface area (Å²) in [6.45, 7) is 4.23. The molecule has 0 spiro atoms. The van der Waals surface area contributed by atoms with Gasteiger partial charge in [-0.3, -0.25) is 10.1 Å². The van der Waals surface area contributed by atoms with Crippen LogP contribution in [0.2, 0.25) is 0 Å². The Balaban J connectivity index is 1.79. The molecule has 0 aliphatic rings. The Morgan fingerprint density at radius 3 is 2.61 bits per heavy atom. The fourth-order valence-corrected chi connectivity index (χ4v) is 3.74. The van der Waals surface area contributed by atoms with Gasteiger partial charge in [-0.25, -0.2) is 4.98 Å². The normalized spacial score (nSPS) is 10.9. The van der Waals surface area contributed by atoms with Gasteiger partial charge in [-0.2, -0.15) is 0 Å². The Labute approximate surface area is 179 Å². The number of hydrogen-bond acceptors (Lipinski definition) is 7. The van der Waals surface area contributed by atoms with Crippen LogP contribution in [0.25, 0.3) is 22.0 Å². The van der Waals surface area contributed by atoms with Crippen molar-refractivity contribution < 1.29 is 14.2 Å². The zero-order valence-electron chi connectivity index (χ0n) is 17.5. The van der Waals surface area contributed by atoms with Crippen molar-refractivity contribution >= 4 is 22.3 Å². The molecule has 1 N–H and O–H groups in total. The Morgan fingerprint density at radius 2 is 1.97 bits per heavy atom. The van der Waals surface area contributed by atoms with Gasteiger partial charge in [0.15, 0.2) is 0 Å². The van der Waals surface area contributed by atoms with Crippen LogP contribution in [-0.2, 0) is 6.42 Å². The Morgan fingerprint density at radius 1 is 1.19 bits per heavy atom. The van der Waals surface area contributed by atoms with E-state index in [-0.39, 0.29) is 5.69 Å². The number of anilines is 1. The van der Waals surface area contributed by atoms with Crippen molar-refractivity contribution in [3.05, 3.63) is 75.8 Å². The highest BCUT2D eigenvalue weighted by Crippen LogP contribution is 2.41. The van der Waals surface area contributed by atoms with E-state index in [1.54, 1.807) is 13.2 Å². The van der Waals surface area contributed by atoms with E-state index in [1.807, 2.05) is 50.2 Å². The number of fused-ring (bicyclic) bond motifs is 1. The predicted octanol–water partition coefficient (Wildman–Crippen LogP) is 5.08. The Bertz CT molecular complexity index is 1230. The predicted molar refractivity (Wildman–Crippen MR) is 119 cm³/mol. The van der Waals surface area contributed by atoms with E-state index in [4.69, 9.17) is 9.26 Å². The Kier molecular flexibility index (Phi) is 5.53. The first-order valence-electron chi connectivity index (χ1n) is 9.85. The third kappa shape index (κ3) is 3.92. The van der Waals surface area contributed by atoms with Crippen LogP contribution in [0.3, 0.4) is 0 Å². The third-order valence-electron chi connectivity index (χ3n) is 5.23. The lowest BCUT2D eigenvalue weighted by Crippen LogP contribution is -2.08. The summed E-state index contributed by atoms with van der Waals surface area (Å²) in [4.78, 5) is 15.6. The summed E-state index contributed by atoms with van der Waals surface area (Å²) < 4.78 is 10.9. The highest BCUT2D eigenvalue weighted by molar-refractivity contribution is 5.99. The minimum absolute atomic E-state index is 0.0762. The van der Waals surface area contributed by atoms with Crippen molar-refractivity contribution in [2.24, 2.45) is 0 Å². The number of rotatable bonds is 7. The first-order valence-corrected chi connectivity index (χ1v) is 9.85. The molecule has 0 radical (unpaired) electrons. The van der Waals surface area contributed by atoms with Gasteiger partial charge < -0.3 is 14.6 Å². The van der Waals surface area contributed by atoms with Crippen molar-refractivity contribution in [2.45, 2.75) is 20.3 Å². The monoisotopic (exact) mass is 418 g/mol. The average molecular weight is 418 g/mol. The van der Waals surface area contributed by atoms with Gasteiger partial charge in [0.25, 0.3) is 0 Å². The topological polar surface area (TPSA) is 103 Å². The second-order valence-electron chi connectivity index (χ2n) is 7.21. The minimum atomic E-state index is -0.425. The molecule has 31 heavy (non-hydrogen) atoms. The van der Waals surface area contributed by atoms with E-state index in [0.29, 0.717) is 34.6 Å². The van der Waals surface area contributed by atoms with Crippen molar-refractivity contribution in [1.29, 1.82) is 0 Å². The van der Waals surface area contributed by atoms with Crippen LogP contribution in [0.4, 0.5) is 11.4 Å². The molecule has 0 amide bonds. The summed E-state index contributed by atoms with van der Waals surface area (Å²) in [5, 5.41) is 19.6. The van der Waals surface area contributed by atoms with Crippen molar-refractivity contribution in [3.63, 3.8) is 0 Å². The highest BCUT2D eigenvalue weighted by Gasteiger charge is 2.22. The van der Waals surface area contributed by atoms with E-state index >= 15 is 0 Å². The molecular formula is C23H22N4O4. The fraction of sp³-hybridized carbons (Fsp3) is 0.217. The smallest absolute Gasteiger partial charge is 0.311 e. The lowest BCUT2D eigenvalue weighted by molar-refractivity contribution is -0.384. The van der Waals surface area contributed by atoms with E-state index in [9.17, 15) is 10.1 Å². The molecule has 0 saturated heterocycles. The molecule has 8 nitrogen and oxygen atoms in total. The zero-order chi connectivity index (χ0) is 22.0. The average Bonchev–Trinajstić information content (AvgIpc) is 3.11. The van der Waals surface area contributed by atoms with Crippen LogP contribution in [0.5, 0.6) is 5.75 Å². The summed E-state index contributed by atoms with van der Waals surface area (Å²) in [6.07, 6.45) is 2.02. The molecule has 2 heterocycles. The summed E-state index contributed by atoms with van der Waals surface area (Å²) >= 11 is 0. The summed E-state index contributed by atoms with van der Waals surface area (Å²) in [7, 11) is 1.57. The molecule has 4 aromatic rings. The van der Waals surface area contributed by atoms with Crippen LogP contribution in [0.15, 0.2) is 53.2 Å². The maximum absolute atomic E-state index is 11.7. The largest absolute Gasteiger partial charge is 0.496 e. The van der Waals surface area contributed by atoms with Crippen LogP contribution in [0, 0.1) is 24.0 Å². The first kappa shape index (κ1) is 20.3. The third-order valence-corrected chi connectivity index (χ3v) is 5.23. The molecule has 0 bridgehead atoms. The first-order chi connectivity index (χ1) is 15.0. The fourth-order valence-electron chi connectivity index (χ4n) is 3.74. The van der Waals surface area contributed by atoms with Crippen LogP contribution < -0.4 is 10.1 Å². The number of nitrogens with zero attached hydrogens (tertiary/aromatic N) is 3. The number of benzene rings is 2. The minimum Gasteiger partial charge on any atom is -0.496 e. The molecule has 0 aliphatic heterocycles. The molecule has 4 rings (SSSR count). The second kappa shape index (κ2) is 8.43. The number of nitrogens with one attached hydrogen (secondary N) is 1. The van der Waals surface area contributed by atoms with E-state index < -0.39 is 4.92 Å². The number of nitro groups is 1. The van der Waals surface area contributed by atoms with Gasteiger partial charge in [-0.15, -0.1) is 0 Å². The van der Waals surface area contributed by atoms with Crippen molar-refractivity contribution in [2.75, 3.05) is 19.0 Å². The highest BCUT2D eigenvalue weighted by atomic mass is 16.6. The molecular weight excluding hydrogens is 396 g/mol. The number of hydrogen-bond donors (Lipinski definition) is 1. The molecule has 8 heteroatoms. The zero-order valence-corrected chi connectivity index (χ0v) is 17.5. The lowest BCUT2D eigenvalue weighted by Gasteiger charge is -2.14. The lowest BCUT2D eigenvalue weighted by atomic mass is 10.00. The molecule has 158 valence electrons.